The summed E-state index contributed by atoms with van der Waals surface area (Å²) in [5.74, 6) is 0. The molecule has 0 radical (unpaired) electrons. The maximum absolute atomic E-state index is 12.2. The summed E-state index contributed by atoms with van der Waals surface area (Å²) in [5.41, 5.74) is -1.21. The molecule has 7 nitrogen and oxygen atoms in total. The first-order valence-electron chi connectivity index (χ1n) is 5.29. The average molecular weight is 341 g/mol. The van der Waals surface area contributed by atoms with Crippen LogP contribution in [0.4, 0.5) is 0 Å². The second-order valence-corrected chi connectivity index (χ2v) is 6.17. The van der Waals surface area contributed by atoms with Crippen LogP contribution in [-0.4, -0.2) is 22.8 Å². The van der Waals surface area contributed by atoms with Gasteiger partial charge in [0.05, 0.1) is 17.7 Å². The van der Waals surface area contributed by atoms with Gasteiger partial charge in [0.25, 0.3) is 5.56 Å². The third kappa shape index (κ3) is 3.91. The Bertz CT molecular complexity index is 557. The van der Waals surface area contributed by atoms with Crippen molar-refractivity contribution in [3.8, 4) is 0 Å². The average Bonchev–Trinajstić information content (AvgIpc) is 2.26. The second-order valence-electron chi connectivity index (χ2n) is 3.29. The van der Waals surface area contributed by atoms with Crippen molar-refractivity contribution in [2.75, 3.05) is 13.2 Å². The minimum absolute atomic E-state index is 0.168. The molecule has 1 rings (SSSR count). The Morgan fingerprint density at radius 3 is 2.39 bits per heavy atom. The Balaban J connectivity index is 3.08. The van der Waals surface area contributed by atoms with E-state index in [0.717, 1.165) is 4.57 Å². The van der Waals surface area contributed by atoms with Gasteiger partial charge in [-0.2, -0.15) is 0 Å². The SMILES string of the molecule is CCOP(=O)(Cn1cc(Br)c(=O)[nH]c1=O)OCC. The van der Waals surface area contributed by atoms with Gasteiger partial charge in [0.1, 0.15) is 6.29 Å². The van der Waals surface area contributed by atoms with Gasteiger partial charge in [0, 0.05) is 6.20 Å². The number of halogens is 1. The lowest BCUT2D eigenvalue weighted by Gasteiger charge is -2.17. The lowest BCUT2D eigenvalue weighted by molar-refractivity contribution is 0.214. The summed E-state index contributed by atoms with van der Waals surface area (Å²) in [6, 6.07) is 0. The summed E-state index contributed by atoms with van der Waals surface area (Å²) < 4.78 is 23.6. The van der Waals surface area contributed by atoms with E-state index in [0.29, 0.717) is 0 Å². The Labute approximate surface area is 112 Å². The Morgan fingerprint density at radius 2 is 1.89 bits per heavy atom. The van der Waals surface area contributed by atoms with Crippen LogP contribution in [0, 0.1) is 0 Å². The van der Waals surface area contributed by atoms with Gasteiger partial charge < -0.3 is 9.05 Å². The Kier molecular flexibility index (Phi) is 5.52. The van der Waals surface area contributed by atoms with E-state index in [9.17, 15) is 14.2 Å². The smallest absolute Gasteiger partial charge is 0.308 e. The highest BCUT2D eigenvalue weighted by molar-refractivity contribution is 9.10. The summed E-state index contributed by atoms with van der Waals surface area (Å²) in [6.45, 7) is 3.77. The normalized spacial score (nSPS) is 11.7. The summed E-state index contributed by atoms with van der Waals surface area (Å²) in [4.78, 5) is 24.8. The molecule has 102 valence electrons. The molecule has 18 heavy (non-hydrogen) atoms. The lowest BCUT2D eigenvalue weighted by atomic mass is 10.6. The standard InChI is InChI=1S/C9H14BrN2O5P/c1-3-16-18(15,17-4-2)6-12-5-7(10)8(13)11-9(12)14/h5H,3-4,6H2,1-2H3,(H,11,13,14). The van der Waals surface area contributed by atoms with Gasteiger partial charge >= 0.3 is 13.3 Å². The van der Waals surface area contributed by atoms with Crippen molar-refractivity contribution >= 4 is 23.5 Å². The predicted octanol–water partition coefficient (Wildman–Crippen LogP) is 1.52. The molecule has 0 fully saturated rings. The van der Waals surface area contributed by atoms with Crippen molar-refractivity contribution < 1.29 is 13.6 Å². The second kappa shape index (κ2) is 6.47. The topological polar surface area (TPSA) is 90.4 Å². The molecule has 0 saturated heterocycles. The van der Waals surface area contributed by atoms with Crippen LogP contribution in [0.1, 0.15) is 13.8 Å². The molecule has 0 aliphatic carbocycles. The molecule has 1 aromatic rings. The number of aromatic amines is 1. The predicted molar refractivity (Wildman–Crippen MR) is 69.9 cm³/mol. The number of nitrogens with one attached hydrogen (secondary N) is 1. The van der Waals surface area contributed by atoms with E-state index < -0.39 is 18.8 Å². The first kappa shape index (κ1) is 15.4. The molecule has 1 heterocycles. The van der Waals surface area contributed by atoms with Crippen LogP contribution in [0.5, 0.6) is 0 Å². The molecule has 0 aliphatic rings. The molecule has 0 spiro atoms. The Morgan fingerprint density at radius 1 is 1.33 bits per heavy atom. The van der Waals surface area contributed by atoms with E-state index in [1.54, 1.807) is 13.8 Å². The van der Waals surface area contributed by atoms with Crippen molar-refractivity contribution in [1.82, 2.24) is 9.55 Å². The van der Waals surface area contributed by atoms with E-state index in [-0.39, 0.29) is 24.0 Å². The van der Waals surface area contributed by atoms with E-state index in [4.69, 9.17) is 9.05 Å². The van der Waals surface area contributed by atoms with Gasteiger partial charge in [0.15, 0.2) is 0 Å². The molecule has 0 amide bonds. The van der Waals surface area contributed by atoms with Crippen LogP contribution in [0.2, 0.25) is 0 Å². The zero-order chi connectivity index (χ0) is 13.8. The molecule has 0 bridgehead atoms. The van der Waals surface area contributed by atoms with Crippen molar-refractivity contribution in [3.63, 3.8) is 0 Å². The minimum Gasteiger partial charge on any atom is -0.308 e. The fourth-order valence-corrected chi connectivity index (χ4v) is 3.24. The largest absolute Gasteiger partial charge is 0.350 e. The van der Waals surface area contributed by atoms with E-state index in [1.807, 2.05) is 0 Å². The maximum atomic E-state index is 12.2. The highest BCUT2D eigenvalue weighted by atomic mass is 79.9. The Hall–Kier alpha value is -0.690. The molecule has 1 N–H and O–H groups in total. The number of H-pyrrole nitrogens is 1. The fraction of sp³-hybridized carbons (Fsp3) is 0.556. The highest BCUT2D eigenvalue weighted by Crippen LogP contribution is 2.49. The van der Waals surface area contributed by atoms with Gasteiger partial charge in [0.2, 0.25) is 0 Å². The molecular formula is C9H14BrN2O5P. The maximum Gasteiger partial charge on any atom is 0.350 e. The van der Waals surface area contributed by atoms with Crippen molar-refractivity contribution in [2.24, 2.45) is 0 Å². The molecule has 0 atom stereocenters. The molecule has 0 aliphatic heterocycles. The monoisotopic (exact) mass is 340 g/mol. The molecular weight excluding hydrogens is 327 g/mol. The van der Waals surface area contributed by atoms with E-state index in [2.05, 4.69) is 20.9 Å². The van der Waals surface area contributed by atoms with Crippen LogP contribution in [-0.2, 0) is 19.9 Å². The van der Waals surface area contributed by atoms with E-state index in [1.165, 1.54) is 6.20 Å². The third-order valence-corrected chi connectivity index (χ3v) is 4.46. The van der Waals surface area contributed by atoms with Crippen LogP contribution in [0.15, 0.2) is 20.3 Å². The van der Waals surface area contributed by atoms with Crippen LogP contribution >= 0.6 is 23.5 Å². The lowest BCUT2D eigenvalue weighted by Crippen LogP contribution is -2.30. The zero-order valence-corrected chi connectivity index (χ0v) is 12.5. The minimum atomic E-state index is -3.38. The third-order valence-electron chi connectivity index (χ3n) is 1.94. The van der Waals surface area contributed by atoms with Crippen molar-refractivity contribution in [3.05, 3.63) is 31.5 Å². The molecule has 1 aromatic heterocycles. The number of aromatic nitrogens is 2. The number of hydrogen-bond acceptors (Lipinski definition) is 5. The number of nitrogens with zero attached hydrogens (tertiary/aromatic N) is 1. The van der Waals surface area contributed by atoms with Gasteiger partial charge in [-0.05, 0) is 29.8 Å². The molecule has 9 heteroatoms. The molecule has 0 unspecified atom stereocenters. The van der Waals surface area contributed by atoms with Gasteiger partial charge in [-0.3, -0.25) is 18.9 Å². The fourth-order valence-electron chi connectivity index (χ4n) is 1.29. The van der Waals surface area contributed by atoms with Gasteiger partial charge in [-0.1, -0.05) is 0 Å². The summed E-state index contributed by atoms with van der Waals surface area (Å²) in [7, 11) is -3.38. The molecule has 0 saturated carbocycles. The van der Waals surface area contributed by atoms with Gasteiger partial charge in [-0.25, -0.2) is 4.79 Å². The van der Waals surface area contributed by atoms with Crippen LogP contribution < -0.4 is 11.2 Å². The summed E-state index contributed by atoms with van der Waals surface area (Å²) >= 11 is 2.99. The summed E-state index contributed by atoms with van der Waals surface area (Å²) in [5, 5.41) is 0. The number of hydrogen-bond donors (Lipinski definition) is 1. The van der Waals surface area contributed by atoms with Crippen LogP contribution in [0.3, 0.4) is 0 Å². The zero-order valence-electron chi connectivity index (χ0n) is 10.0. The molecule has 0 aromatic carbocycles. The van der Waals surface area contributed by atoms with E-state index >= 15 is 0 Å². The first-order valence-corrected chi connectivity index (χ1v) is 7.81. The first-order chi connectivity index (χ1) is 8.41. The highest BCUT2D eigenvalue weighted by Gasteiger charge is 2.25. The summed E-state index contributed by atoms with van der Waals surface area (Å²) in [6.07, 6.45) is 1.01. The van der Waals surface area contributed by atoms with Gasteiger partial charge in [-0.15, -0.1) is 0 Å². The van der Waals surface area contributed by atoms with Crippen LogP contribution in [0.25, 0.3) is 0 Å². The quantitative estimate of drug-likeness (QED) is 0.793. The van der Waals surface area contributed by atoms with Crippen molar-refractivity contribution in [2.45, 2.75) is 20.1 Å². The van der Waals surface area contributed by atoms with Crippen molar-refractivity contribution in [1.29, 1.82) is 0 Å². The number of rotatable bonds is 6.